The Balaban J connectivity index is 1.52. The van der Waals surface area contributed by atoms with Crippen LogP contribution in [0.3, 0.4) is 0 Å². The number of carboxylic acids is 4. The number of carboxylic acid groups (broad SMARTS) is 4. The van der Waals surface area contributed by atoms with Crippen LogP contribution in [-0.2, 0) is 44.9 Å². The molecule has 0 saturated carbocycles. The number of carbonyl (C=O) groups excluding carboxylic acids is 5. The van der Waals surface area contributed by atoms with Crippen molar-refractivity contribution < 1.29 is 63.6 Å². The molecule has 5 amide bonds. The number of carbonyl (C=O) groups is 9. The number of nitrogens with one attached hydrogen (secondary N) is 7. The van der Waals surface area contributed by atoms with Gasteiger partial charge in [-0.3, -0.25) is 48.1 Å². The van der Waals surface area contributed by atoms with Crippen molar-refractivity contribution >= 4 is 76.2 Å². The summed E-state index contributed by atoms with van der Waals surface area (Å²) >= 11 is 0. The summed E-state index contributed by atoms with van der Waals surface area (Å²) in [6.07, 6.45) is -1.66. The minimum absolute atomic E-state index is 0.0169. The maximum absolute atomic E-state index is 12.8. The number of aromatic nitrogens is 4. The minimum Gasteiger partial charge on any atom is -0.481 e. The zero-order chi connectivity index (χ0) is 42.4. The average Bonchev–Trinajstić information content (AvgIpc) is 3.13. The summed E-state index contributed by atoms with van der Waals surface area (Å²) in [5.74, 6) is -11.4. The first-order chi connectivity index (χ1) is 26.8. The third kappa shape index (κ3) is 13.9. The second-order valence-corrected chi connectivity index (χ2v) is 12.0. The monoisotopic (exact) mass is 799 g/mol. The van der Waals surface area contributed by atoms with E-state index in [0.717, 1.165) is 6.92 Å². The lowest BCUT2D eigenvalue weighted by molar-refractivity contribution is -0.143. The highest BCUT2D eigenvalue weighted by Gasteiger charge is 2.29. The summed E-state index contributed by atoms with van der Waals surface area (Å²) in [6.45, 7) is 0.282. The second-order valence-electron chi connectivity index (χ2n) is 12.0. The molecule has 25 nitrogen and oxygen atoms in total. The van der Waals surface area contributed by atoms with E-state index in [1.54, 1.807) is 0 Å². The van der Waals surface area contributed by atoms with Crippen molar-refractivity contribution in [2.24, 2.45) is 0 Å². The normalized spacial score (nSPS) is 12.8. The fraction of sp³-hybridized carbons (Fsp3) is 0.344. The number of hydrogen-bond donors (Lipinski definition) is 12. The maximum Gasteiger partial charge on any atom is 0.326 e. The summed E-state index contributed by atoms with van der Waals surface area (Å²) in [7, 11) is 0. The van der Waals surface area contributed by atoms with Crippen molar-refractivity contribution in [2.45, 2.75) is 63.3 Å². The molecule has 1 aromatic carbocycles. The van der Waals surface area contributed by atoms with E-state index < -0.39 is 115 Å². The van der Waals surface area contributed by atoms with Gasteiger partial charge < -0.3 is 58.1 Å². The third-order valence-corrected chi connectivity index (χ3v) is 7.58. The molecule has 2 aromatic heterocycles. The van der Waals surface area contributed by atoms with Crippen molar-refractivity contribution in [3.05, 3.63) is 52.1 Å². The Labute approximate surface area is 319 Å². The molecule has 0 saturated heterocycles. The van der Waals surface area contributed by atoms with Gasteiger partial charge in [0, 0.05) is 17.7 Å². The van der Waals surface area contributed by atoms with Crippen molar-refractivity contribution in [3.8, 4) is 0 Å². The fourth-order valence-corrected chi connectivity index (χ4v) is 4.71. The lowest BCUT2D eigenvalue weighted by Gasteiger charge is -2.20. The smallest absolute Gasteiger partial charge is 0.326 e. The van der Waals surface area contributed by atoms with Crippen molar-refractivity contribution in [3.63, 3.8) is 0 Å². The van der Waals surface area contributed by atoms with Crippen molar-refractivity contribution in [1.82, 2.24) is 46.5 Å². The largest absolute Gasteiger partial charge is 0.481 e. The van der Waals surface area contributed by atoms with E-state index in [1.807, 2.05) is 16.0 Å². The van der Waals surface area contributed by atoms with Gasteiger partial charge in [0.25, 0.3) is 11.5 Å². The molecule has 3 rings (SSSR count). The van der Waals surface area contributed by atoms with Gasteiger partial charge in [0.1, 0.15) is 24.2 Å². The molecule has 0 unspecified atom stereocenters. The molecule has 304 valence electrons. The summed E-state index contributed by atoms with van der Waals surface area (Å²) in [5.41, 5.74) is 5.93. The first-order valence-corrected chi connectivity index (χ1v) is 16.5. The number of nitrogens with zero attached hydrogens (tertiary/aromatic N) is 3. The molecule has 0 spiro atoms. The standard InChI is InChI=1S/C32H37N11O14/c1-13(30(54)55)37-28(52)19(9-23(48)49)40-21(45)12-36-27(51)18(8-22(46)47)39-20(44)7-6-17(31(56)57)41-26(50)14-2-4-15(5-3-14)34-10-16-11-35-25-24(38-16)29(53)43-32(33)42-25/h2-5,11,13,17-19,34H,6-10,12H2,1H3,(H,36,51)(H,37,52)(H,39,44)(H,40,45)(H,41,50)(H,46,47)(H,48,49)(H,54,55)(H,56,57)(H3,33,35,42,43,53)/t13-,17-,18-,19-/m0/s1. The van der Waals surface area contributed by atoms with Gasteiger partial charge in [-0.05, 0) is 37.6 Å². The Bertz CT molecular complexity index is 2110. The highest BCUT2D eigenvalue weighted by atomic mass is 16.4. The Morgan fingerprint density at radius 3 is 1.98 bits per heavy atom. The van der Waals surface area contributed by atoms with E-state index in [1.165, 1.54) is 30.5 Å². The number of benzene rings is 1. The van der Waals surface area contributed by atoms with Gasteiger partial charge >= 0.3 is 23.9 Å². The Morgan fingerprint density at radius 2 is 1.39 bits per heavy atom. The highest BCUT2D eigenvalue weighted by Crippen LogP contribution is 2.13. The lowest BCUT2D eigenvalue weighted by Crippen LogP contribution is -2.54. The van der Waals surface area contributed by atoms with Crippen LogP contribution in [0.15, 0.2) is 35.3 Å². The lowest BCUT2D eigenvalue weighted by atomic mass is 10.1. The second kappa shape index (κ2) is 20.1. The van der Waals surface area contributed by atoms with E-state index >= 15 is 0 Å². The van der Waals surface area contributed by atoms with Gasteiger partial charge in [-0.2, -0.15) is 4.98 Å². The van der Waals surface area contributed by atoms with E-state index in [2.05, 4.69) is 35.9 Å². The fourth-order valence-electron chi connectivity index (χ4n) is 4.71. The van der Waals surface area contributed by atoms with Gasteiger partial charge in [-0.15, -0.1) is 0 Å². The predicted octanol–water partition coefficient (Wildman–Crippen LogP) is -3.50. The van der Waals surface area contributed by atoms with Crippen LogP contribution < -0.4 is 43.2 Å². The van der Waals surface area contributed by atoms with Gasteiger partial charge in [0.2, 0.25) is 29.6 Å². The molecule has 2 heterocycles. The SMILES string of the molecule is C[C@H](NC(=O)[C@H](CC(=O)O)NC(=O)CNC(=O)[C@H](CC(=O)O)NC(=O)CC[C@H](NC(=O)c1ccc(NCc2cnc3nc(N)[nH]c(=O)c3n2)cc1)C(=O)O)C(=O)O. The summed E-state index contributed by atoms with van der Waals surface area (Å²) in [4.78, 5) is 135. The van der Waals surface area contributed by atoms with Gasteiger partial charge in [-0.1, -0.05) is 0 Å². The number of H-pyrrole nitrogens is 1. The average molecular weight is 800 g/mol. The number of hydrogen-bond acceptors (Lipinski definition) is 15. The number of amides is 5. The zero-order valence-electron chi connectivity index (χ0n) is 29.7. The molecule has 57 heavy (non-hydrogen) atoms. The first-order valence-electron chi connectivity index (χ1n) is 16.5. The number of nitrogen functional groups attached to an aromatic ring is 1. The number of rotatable bonds is 21. The van der Waals surface area contributed by atoms with Crippen LogP contribution in [0.2, 0.25) is 0 Å². The predicted molar refractivity (Wildman–Crippen MR) is 191 cm³/mol. The molecule has 0 radical (unpaired) electrons. The Hall–Kier alpha value is -7.73. The number of fused-ring (bicyclic) bond motifs is 1. The van der Waals surface area contributed by atoms with E-state index in [-0.39, 0.29) is 29.2 Å². The topological polar surface area (TPSA) is 404 Å². The molecule has 13 N–H and O–H groups in total. The molecular weight excluding hydrogens is 762 g/mol. The third-order valence-electron chi connectivity index (χ3n) is 7.58. The summed E-state index contributed by atoms with van der Waals surface area (Å²) in [5, 5.41) is 50.3. The van der Waals surface area contributed by atoms with Crippen LogP contribution in [0.25, 0.3) is 11.2 Å². The van der Waals surface area contributed by atoms with Gasteiger partial charge in [0.15, 0.2) is 11.2 Å². The molecule has 0 aliphatic carbocycles. The number of aliphatic carboxylic acids is 4. The molecule has 0 aliphatic rings. The maximum atomic E-state index is 12.8. The van der Waals surface area contributed by atoms with E-state index in [0.29, 0.717) is 11.4 Å². The van der Waals surface area contributed by atoms with Crippen LogP contribution in [0, 0.1) is 0 Å². The number of aromatic amines is 1. The Kier molecular flexibility index (Phi) is 15.4. The van der Waals surface area contributed by atoms with Gasteiger partial charge in [-0.25, -0.2) is 14.8 Å². The summed E-state index contributed by atoms with van der Waals surface area (Å²) < 4.78 is 0. The molecule has 0 aliphatic heterocycles. The quantitative estimate of drug-likeness (QED) is 0.0497. The van der Waals surface area contributed by atoms with Crippen LogP contribution >= 0.6 is 0 Å². The van der Waals surface area contributed by atoms with Crippen molar-refractivity contribution in [1.29, 1.82) is 0 Å². The zero-order valence-corrected chi connectivity index (χ0v) is 29.7. The molecule has 0 fully saturated rings. The molecule has 0 bridgehead atoms. The number of anilines is 2. The summed E-state index contributed by atoms with van der Waals surface area (Å²) in [6, 6.07) is -0.804. The minimum atomic E-state index is -1.78. The van der Waals surface area contributed by atoms with Crippen LogP contribution in [-0.4, -0.2) is 124 Å². The Morgan fingerprint density at radius 1 is 0.772 bits per heavy atom. The first kappa shape index (κ1) is 43.7. The van der Waals surface area contributed by atoms with Crippen LogP contribution in [0.1, 0.15) is 48.7 Å². The van der Waals surface area contributed by atoms with Crippen LogP contribution in [0.4, 0.5) is 11.6 Å². The molecule has 25 heteroatoms. The highest BCUT2D eigenvalue weighted by molar-refractivity contribution is 5.98. The van der Waals surface area contributed by atoms with Crippen molar-refractivity contribution in [2.75, 3.05) is 17.6 Å². The van der Waals surface area contributed by atoms with E-state index in [9.17, 15) is 58.2 Å². The van der Waals surface area contributed by atoms with E-state index in [4.69, 9.17) is 15.9 Å². The van der Waals surface area contributed by atoms with Gasteiger partial charge in [0.05, 0.1) is 37.8 Å². The number of nitrogens with two attached hydrogens (primary N) is 1. The molecule has 4 atom stereocenters. The molecular formula is C32H37N11O14. The molecule has 3 aromatic rings. The van der Waals surface area contributed by atoms with Crippen LogP contribution in [0.5, 0.6) is 0 Å².